The van der Waals surface area contributed by atoms with Gasteiger partial charge in [0, 0.05) is 19.6 Å². The van der Waals surface area contributed by atoms with Gasteiger partial charge in [-0.05, 0) is 35.9 Å². The van der Waals surface area contributed by atoms with E-state index in [4.69, 9.17) is 26.2 Å². The van der Waals surface area contributed by atoms with Crippen molar-refractivity contribution in [2.75, 3.05) is 26.2 Å². The Kier molecular flexibility index (Phi) is 6.66. The Labute approximate surface area is 170 Å². The van der Waals surface area contributed by atoms with Crippen LogP contribution in [0.15, 0.2) is 42.5 Å². The Hall–Kier alpha value is -2.29. The number of hydrogen-bond acceptors (Lipinski definition) is 4. The van der Waals surface area contributed by atoms with Crippen LogP contribution in [-0.2, 0) is 15.7 Å². The molecule has 0 spiro atoms. The number of halogens is 4. The summed E-state index contributed by atoms with van der Waals surface area (Å²) in [7, 11) is 0. The molecule has 3 rings (SSSR count). The first-order valence-corrected chi connectivity index (χ1v) is 9.30. The van der Waals surface area contributed by atoms with E-state index < -0.39 is 17.7 Å². The van der Waals surface area contributed by atoms with Crippen molar-refractivity contribution in [3.05, 3.63) is 58.6 Å². The summed E-state index contributed by atoms with van der Waals surface area (Å²) in [6.07, 6.45) is -4.70. The van der Waals surface area contributed by atoms with E-state index in [0.717, 1.165) is 17.7 Å². The number of nitrogens with zero attached hydrogens (tertiary/aromatic N) is 1. The second kappa shape index (κ2) is 9.02. The molecule has 1 heterocycles. The molecular weight excluding hydrogens is 411 g/mol. The molecule has 0 aromatic heterocycles. The highest BCUT2D eigenvalue weighted by Gasteiger charge is 2.33. The standard InChI is InChI=1S/C20H19ClF3NO4/c21-17-6-5-15(11-16(17)20(22,23)24)29-14-3-1-13(2-4-14)18-12-25(9-10-28-18)8-7-19(26)27/h1-6,11,18H,7-10,12H2,(H,26,27). The fourth-order valence-electron chi connectivity index (χ4n) is 3.03. The number of carbonyl (C=O) groups is 1. The van der Waals surface area contributed by atoms with Gasteiger partial charge in [-0.15, -0.1) is 0 Å². The predicted molar refractivity (Wildman–Crippen MR) is 100 cm³/mol. The van der Waals surface area contributed by atoms with Crippen LogP contribution in [0.3, 0.4) is 0 Å². The van der Waals surface area contributed by atoms with E-state index >= 15 is 0 Å². The Balaban J connectivity index is 1.65. The third-order valence-corrected chi connectivity index (χ3v) is 4.85. The van der Waals surface area contributed by atoms with E-state index in [0.29, 0.717) is 32.0 Å². The molecule has 2 aromatic rings. The third kappa shape index (κ3) is 5.85. The van der Waals surface area contributed by atoms with Crippen LogP contribution in [0, 0.1) is 0 Å². The number of rotatable bonds is 6. The third-order valence-electron chi connectivity index (χ3n) is 4.52. The van der Waals surface area contributed by atoms with Crippen molar-refractivity contribution in [1.29, 1.82) is 0 Å². The second-order valence-corrected chi connectivity index (χ2v) is 7.02. The lowest BCUT2D eigenvalue weighted by Crippen LogP contribution is -2.39. The zero-order valence-corrected chi connectivity index (χ0v) is 16.0. The molecule has 1 unspecified atom stereocenters. The first-order chi connectivity index (χ1) is 13.7. The quantitative estimate of drug-likeness (QED) is 0.700. The van der Waals surface area contributed by atoms with Gasteiger partial charge in [0.2, 0.25) is 0 Å². The number of carboxylic acids is 1. The topological polar surface area (TPSA) is 59.0 Å². The Morgan fingerprint density at radius 2 is 1.90 bits per heavy atom. The molecule has 0 aliphatic carbocycles. The number of aliphatic carboxylic acids is 1. The fourth-order valence-corrected chi connectivity index (χ4v) is 3.26. The van der Waals surface area contributed by atoms with Crippen LogP contribution in [0.4, 0.5) is 13.2 Å². The van der Waals surface area contributed by atoms with Crippen molar-refractivity contribution in [2.45, 2.75) is 18.7 Å². The van der Waals surface area contributed by atoms with E-state index in [9.17, 15) is 18.0 Å². The maximum absolute atomic E-state index is 13.0. The van der Waals surface area contributed by atoms with Crippen molar-refractivity contribution in [3.63, 3.8) is 0 Å². The van der Waals surface area contributed by atoms with Crippen LogP contribution in [0.1, 0.15) is 23.7 Å². The molecule has 0 saturated carbocycles. The zero-order valence-electron chi connectivity index (χ0n) is 15.3. The molecule has 0 radical (unpaired) electrons. The number of ether oxygens (including phenoxy) is 2. The second-order valence-electron chi connectivity index (χ2n) is 6.61. The molecule has 2 aromatic carbocycles. The SMILES string of the molecule is O=C(O)CCN1CCOC(c2ccc(Oc3ccc(Cl)c(C(F)(F)F)c3)cc2)C1. The largest absolute Gasteiger partial charge is 0.481 e. The summed E-state index contributed by atoms with van der Waals surface area (Å²) in [5.41, 5.74) is -0.0743. The van der Waals surface area contributed by atoms with Crippen molar-refractivity contribution < 1.29 is 32.5 Å². The monoisotopic (exact) mass is 429 g/mol. The Morgan fingerprint density at radius 3 is 2.55 bits per heavy atom. The van der Waals surface area contributed by atoms with Gasteiger partial charge in [0.05, 0.1) is 29.7 Å². The average Bonchev–Trinajstić information content (AvgIpc) is 2.68. The van der Waals surface area contributed by atoms with E-state index in [1.54, 1.807) is 24.3 Å². The van der Waals surface area contributed by atoms with Crippen molar-refractivity contribution in [3.8, 4) is 11.5 Å². The minimum atomic E-state index is -4.56. The minimum Gasteiger partial charge on any atom is -0.481 e. The molecular formula is C20H19ClF3NO4. The lowest BCUT2D eigenvalue weighted by molar-refractivity contribution is -0.138. The Morgan fingerprint density at radius 1 is 1.21 bits per heavy atom. The summed E-state index contributed by atoms with van der Waals surface area (Å²) in [5.74, 6) is -0.434. The maximum atomic E-state index is 13.0. The molecule has 156 valence electrons. The van der Waals surface area contributed by atoms with Crippen LogP contribution in [0.5, 0.6) is 11.5 Å². The van der Waals surface area contributed by atoms with Crippen LogP contribution >= 0.6 is 11.6 Å². The van der Waals surface area contributed by atoms with Crippen molar-refractivity contribution in [1.82, 2.24) is 4.90 Å². The van der Waals surface area contributed by atoms with Crippen LogP contribution in [0.25, 0.3) is 0 Å². The number of carboxylic acid groups (broad SMARTS) is 1. The zero-order chi connectivity index (χ0) is 21.0. The summed E-state index contributed by atoms with van der Waals surface area (Å²) in [6.45, 7) is 2.19. The van der Waals surface area contributed by atoms with Crippen molar-refractivity contribution in [2.24, 2.45) is 0 Å². The average molecular weight is 430 g/mol. The molecule has 9 heteroatoms. The minimum absolute atomic E-state index is 0.0308. The molecule has 1 fully saturated rings. The normalized spacial score (nSPS) is 17.9. The number of benzene rings is 2. The van der Waals surface area contributed by atoms with Crippen molar-refractivity contribution >= 4 is 17.6 Å². The molecule has 0 bridgehead atoms. The molecule has 5 nitrogen and oxygen atoms in total. The highest BCUT2D eigenvalue weighted by molar-refractivity contribution is 6.31. The smallest absolute Gasteiger partial charge is 0.417 e. The van der Waals surface area contributed by atoms with E-state index in [2.05, 4.69) is 0 Å². The fraction of sp³-hybridized carbons (Fsp3) is 0.350. The summed E-state index contributed by atoms with van der Waals surface area (Å²) < 4.78 is 50.2. The number of alkyl halides is 3. The first kappa shape index (κ1) is 21.4. The molecule has 1 aliphatic heterocycles. The van der Waals surface area contributed by atoms with Gasteiger partial charge in [-0.1, -0.05) is 23.7 Å². The van der Waals surface area contributed by atoms with Crippen LogP contribution in [0.2, 0.25) is 5.02 Å². The van der Waals surface area contributed by atoms with Gasteiger partial charge in [0.25, 0.3) is 0 Å². The van der Waals surface area contributed by atoms with Crippen LogP contribution in [-0.4, -0.2) is 42.2 Å². The van der Waals surface area contributed by atoms with E-state index in [1.165, 1.54) is 6.07 Å². The molecule has 1 atom stereocenters. The maximum Gasteiger partial charge on any atom is 0.417 e. The molecule has 1 aliphatic rings. The van der Waals surface area contributed by atoms with Gasteiger partial charge in [-0.3, -0.25) is 9.69 Å². The lowest BCUT2D eigenvalue weighted by Gasteiger charge is -2.32. The number of hydrogen-bond donors (Lipinski definition) is 1. The van der Waals surface area contributed by atoms with E-state index in [-0.39, 0.29) is 23.3 Å². The highest BCUT2D eigenvalue weighted by Crippen LogP contribution is 2.37. The van der Waals surface area contributed by atoms with E-state index in [1.807, 2.05) is 4.90 Å². The molecule has 1 N–H and O–H groups in total. The number of morpholine rings is 1. The van der Waals surface area contributed by atoms with Gasteiger partial charge in [-0.2, -0.15) is 13.2 Å². The predicted octanol–water partition coefficient (Wildman–Crippen LogP) is 5.00. The molecule has 29 heavy (non-hydrogen) atoms. The first-order valence-electron chi connectivity index (χ1n) is 8.92. The molecule has 0 amide bonds. The van der Waals surface area contributed by atoms with Gasteiger partial charge >= 0.3 is 12.1 Å². The summed E-state index contributed by atoms with van der Waals surface area (Å²) in [6, 6.07) is 10.2. The summed E-state index contributed by atoms with van der Waals surface area (Å²) >= 11 is 5.62. The highest BCUT2D eigenvalue weighted by atomic mass is 35.5. The lowest BCUT2D eigenvalue weighted by atomic mass is 10.1. The Bertz CT molecular complexity index is 858. The van der Waals surface area contributed by atoms with Gasteiger partial charge in [-0.25, -0.2) is 0 Å². The summed E-state index contributed by atoms with van der Waals surface area (Å²) in [5, 5.41) is 8.43. The van der Waals surface area contributed by atoms with Crippen LogP contribution < -0.4 is 4.74 Å². The molecule has 1 saturated heterocycles. The van der Waals surface area contributed by atoms with Gasteiger partial charge < -0.3 is 14.6 Å². The van der Waals surface area contributed by atoms with Gasteiger partial charge in [0.1, 0.15) is 11.5 Å². The van der Waals surface area contributed by atoms with Gasteiger partial charge in [0.15, 0.2) is 0 Å². The summed E-state index contributed by atoms with van der Waals surface area (Å²) in [4.78, 5) is 12.8.